The highest BCUT2D eigenvalue weighted by atomic mass is 32.2. The average Bonchev–Trinajstić information content (AvgIpc) is 2.67. The second-order valence-electron chi connectivity index (χ2n) is 5.64. The van der Waals surface area contributed by atoms with Crippen molar-refractivity contribution in [2.24, 2.45) is 0 Å². The number of nitrogens with two attached hydrogens (primary N) is 1. The Morgan fingerprint density at radius 2 is 1.44 bits per heavy atom. The van der Waals surface area contributed by atoms with Crippen molar-refractivity contribution in [3.8, 4) is 23.3 Å². The quantitative estimate of drug-likeness (QED) is 0.692. The van der Waals surface area contributed by atoms with Gasteiger partial charge in [-0.05, 0) is 35.4 Å². The van der Waals surface area contributed by atoms with Crippen molar-refractivity contribution in [3.05, 3.63) is 76.9 Å². The van der Waals surface area contributed by atoms with E-state index in [-0.39, 0.29) is 22.8 Å². The highest BCUT2D eigenvalue weighted by molar-refractivity contribution is 7.98. The Morgan fingerprint density at radius 1 is 0.889 bits per heavy atom. The van der Waals surface area contributed by atoms with Crippen LogP contribution in [0.3, 0.4) is 0 Å². The largest absolute Gasteiger partial charge is 0.289 e. The van der Waals surface area contributed by atoms with Crippen molar-refractivity contribution in [1.82, 2.24) is 0 Å². The van der Waals surface area contributed by atoms with Crippen LogP contribution in [-0.2, 0) is 5.75 Å². The van der Waals surface area contributed by atoms with Gasteiger partial charge in [-0.1, -0.05) is 36.0 Å². The van der Waals surface area contributed by atoms with Gasteiger partial charge in [0.25, 0.3) is 5.82 Å². The third-order valence-corrected chi connectivity index (χ3v) is 4.97. The predicted octanol–water partition coefficient (Wildman–Crippen LogP) is 4.06. The number of aromatic nitrogens is 1. The molecule has 0 unspecified atom stereocenters. The fourth-order valence-corrected chi connectivity index (χ4v) is 3.57. The average molecular weight is 379 g/mol. The number of H-pyrrole nitrogens is 1. The first-order valence-corrected chi connectivity index (χ1v) is 8.84. The lowest BCUT2D eigenvalue weighted by Gasteiger charge is -2.10. The molecule has 27 heavy (non-hydrogen) atoms. The Hall–Kier alpha value is -3.42. The molecule has 0 atom stereocenters. The summed E-state index contributed by atoms with van der Waals surface area (Å²) in [5, 5.41) is 19.7. The van der Waals surface area contributed by atoms with E-state index in [1.165, 1.54) is 48.2 Å². The number of aromatic amines is 1. The molecule has 0 spiro atoms. The number of benzene rings is 2. The summed E-state index contributed by atoms with van der Waals surface area (Å²) < 4.78 is 26.3. The topological polar surface area (TPSA) is 87.7 Å². The molecule has 1 aromatic heterocycles. The molecule has 4 nitrogen and oxygen atoms in total. The number of pyridine rings is 1. The zero-order chi connectivity index (χ0) is 19.4. The van der Waals surface area contributed by atoms with Gasteiger partial charge in [-0.3, -0.25) is 5.73 Å². The molecule has 0 amide bonds. The maximum atomic E-state index is 13.3. The maximum Gasteiger partial charge on any atom is 0.289 e. The van der Waals surface area contributed by atoms with Gasteiger partial charge in [-0.15, -0.1) is 0 Å². The first kappa shape index (κ1) is 18.4. The molecule has 0 aliphatic carbocycles. The lowest BCUT2D eigenvalue weighted by molar-refractivity contribution is -0.410. The lowest BCUT2D eigenvalue weighted by Crippen LogP contribution is -2.18. The Morgan fingerprint density at radius 3 is 2.00 bits per heavy atom. The van der Waals surface area contributed by atoms with Crippen LogP contribution >= 0.6 is 11.8 Å². The third-order valence-electron chi connectivity index (χ3n) is 3.90. The lowest BCUT2D eigenvalue weighted by atomic mass is 9.97. The minimum Gasteiger partial charge on any atom is -0.286 e. The van der Waals surface area contributed by atoms with Crippen molar-refractivity contribution in [2.45, 2.75) is 10.8 Å². The van der Waals surface area contributed by atoms with Gasteiger partial charge in [0.05, 0.1) is 0 Å². The number of nitrogens with zero attached hydrogens (tertiary/aromatic N) is 2. The molecule has 0 aliphatic rings. The molecule has 0 fully saturated rings. The predicted molar refractivity (Wildman–Crippen MR) is 98.2 cm³/mol. The number of nitriles is 2. The SMILES string of the molecule is N#Cc1c(N)[nH+]c(SCc2ccc(F)cc2)c(C#N)c1-c1ccc(F)cc1. The zero-order valence-corrected chi connectivity index (χ0v) is 14.8. The van der Waals surface area contributed by atoms with Crippen molar-refractivity contribution < 1.29 is 13.8 Å². The van der Waals surface area contributed by atoms with E-state index in [0.717, 1.165) is 5.56 Å². The van der Waals surface area contributed by atoms with Crippen LogP contribution in [-0.4, -0.2) is 0 Å². The number of hydrogen-bond acceptors (Lipinski definition) is 4. The minimum atomic E-state index is -0.419. The van der Waals surface area contributed by atoms with Crippen LogP contribution in [0.25, 0.3) is 11.1 Å². The van der Waals surface area contributed by atoms with Crippen molar-refractivity contribution in [1.29, 1.82) is 10.5 Å². The standard InChI is InChI=1S/C20H12F2N4S/c21-14-5-1-12(2-6-14)11-27-20-17(10-24)18(16(9-23)19(25)26-20)13-3-7-15(22)8-4-13/h1-8H,11H2,(H2,25,26)/p+1. The number of hydrogen-bond donors (Lipinski definition) is 1. The molecule has 2 aromatic carbocycles. The van der Waals surface area contributed by atoms with Gasteiger partial charge in [0.15, 0.2) is 5.03 Å². The van der Waals surface area contributed by atoms with E-state index in [2.05, 4.69) is 11.1 Å². The van der Waals surface area contributed by atoms with Crippen LogP contribution in [0.2, 0.25) is 0 Å². The van der Waals surface area contributed by atoms with Gasteiger partial charge >= 0.3 is 0 Å². The van der Waals surface area contributed by atoms with Crippen molar-refractivity contribution in [3.63, 3.8) is 0 Å². The molecule has 1 heterocycles. The van der Waals surface area contributed by atoms with Gasteiger partial charge in [-0.2, -0.15) is 10.5 Å². The van der Waals surface area contributed by atoms with E-state index < -0.39 is 5.82 Å². The summed E-state index contributed by atoms with van der Waals surface area (Å²) in [6.07, 6.45) is 0. The van der Waals surface area contributed by atoms with Gasteiger partial charge in [0, 0.05) is 11.3 Å². The first-order valence-electron chi connectivity index (χ1n) is 7.85. The molecule has 132 valence electrons. The van der Waals surface area contributed by atoms with Gasteiger partial charge in [0.1, 0.15) is 34.9 Å². The van der Waals surface area contributed by atoms with E-state index in [4.69, 9.17) is 5.73 Å². The molecule has 0 radical (unpaired) electrons. The summed E-state index contributed by atoms with van der Waals surface area (Å²) in [7, 11) is 0. The van der Waals surface area contributed by atoms with Crippen LogP contribution in [0.1, 0.15) is 16.7 Å². The summed E-state index contributed by atoms with van der Waals surface area (Å²) in [4.78, 5) is 2.90. The second kappa shape index (κ2) is 7.86. The van der Waals surface area contributed by atoms with Crippen molar-refractivity contribution in [2.75, 3.05) is 5.73 Å². The van der Waals surface area contributed by atoms with Crippen molar-refractivity contribution >= 4 is 17.6 Å². The fraction of sp³-hybridized carbons (Fsp3) is 0.0500. The number of thioether (sulfide) groups is 1. The molecule has 3 rings (SSSR count). The van der Waals surface area contributed by atoms with E-state index in [0.29, 0.717) is 21.9 Å². The van der Waals surface area contributed by atoms with Crippen LogP contribution in [0, 0.1) is 34.3 Å². The summed E-state index contributed by atoms with van der Waals surface area (Å²) in [6.45, 7) is 0. The van der Waals surface area contributed by atoms with Gasteiger partial charge in [0.2, 0.25) is 0 Å². The molecule has 3 N–H and O–H groups in total. The van der Waals surface area contributed by atoms with Gasteiger partial charge < -0.3 is 0 Å². The third kappa shape index (κ3) is 3.89. The minimum absolute atomic E-state index is 0.123. The normalized spacial score (nSPS) is 10.2. The Balaban J connectivity index is 2.07. The Bertz CT molecular complexity index is 1070. The monoisotopic (exact) mass is 379 g/mol. The molecule has 0 saturated heterocycles. The smallest absolute Gasteiger partial charge is 0.286 e. The molecule has 3 aromatic rings. The number of nitrogen functional groups attached to an aromatic ring is 1. The zero-order valence-electron chi connectivity index (χ0n) is 14.0. The summed E-state index contributed by atoms with van der Waals surface area (Å²) in [5.41, 5.74) is 8.11. The molecule has 0 aliphatic heterocycles. The number of halogens is 2. The van der Waals surface area contributed by atoms with E-state index >= 15 is 0 Å². The van der Waals surface area contributed by atoms with Crippen LogP contribution in [0.4, 0.5) is 14.6 Å². The van der Waals surface area contributed by atoms with Gasteiger partial charge in [-0.25, -0.2) is 13.8 Å². The summed E-state index contributed by atoms with van der Waals surface area (Å²) >= 11 is 1.31. The fourth-order valence-electron chi connectivity index (χ4n) is 2.59. The maximum absolute atomic E-state index is 13.3. The van der Waals surface area contributed by atoms with E-state index in [9.17, 15) is 19.3 Å². The highest BCUT2D eigenvalue weighted by Crippen LogP contribution is 2.34. The number of anilines is 1. The Kier molecular flexibility index (Phi) is 5.35. The first-order chi connectivity index (χ1) is 13.0. The van der Waals surface area contributed by atoms with E-state index in [1.54, 1.807) is 12.1 Å². The summed E-state index contributed by atoms with van der Waals surface area (Å²) in [5.74, 6) is -0.150. The molecule has 0 bridgehead atoms. The summed E-state index contributed by atoms with van der Waals surface area (Å²) in [6, 6.07) is 15.7. The number of rotatable bonds is 4. The Labute approximate surface area is 158 Å². The van der Waals surface area contributed by atoms with Crippen LogP contribution in [0.15, 0.2) is 53.6 Å². The highest BCUT2D eigenvalue weighted by Gasteiger charge is 2.23. The van der Waals surface area contributed by atoms with E-state index in [1.807, 2.05) is 6.07 Å². The van der Waals surface area contributed by atoms with Crippen LogP contribution in [0.5, 0.6) is 0 Å². The molecule has 7 heteroatoms. The molecular weight excluding hydrogens is 366 g/mol. The second-order valence-corrected chi connectivity index (χ2v) is 6.62. The molecular formula is C20H13F2N4S+. The number of nitrogens with one attached hydrogen (secondary N) is 1. The van der Waals surface area contributed by atoms with Crippen LogP contribution < -0.4 is 10.7 Å². The molecule has 0 saturated carbocycles.